The number of hydrogen-bond acceptors (Lipinski definition) is 3. The van der Waals surface area contributed by atoms with Crippen LogP contribution in [0.3, 0.4) is 0 Å². The lowest BCUT2D eigenvalue weighted by molar-refractivity contribution is 0.0924. The van der Waals surface area contributed by atoms with Crippen LogP contribution >= 0.6 is 12.4 Å². The summed E-state index contributed by atoms with van der Waals surface area (Å²) in [4.78, 5) is 12.5. The number of para-hydroxylation sites is 1. The Hall–Kier alpha value is -2.30. The Balaban J connectivity index is 0.00000182. The zero-order chi connectivity index (χ0) is 16.7. The van der Waals surface area contributed by atoms with Crippen molar-refractivity contribution in [2.45, 2.75) is 33.5 Å². The van der Waals surface area contributed by atoms with Crippen molar-refractivity contribution in [3.05, 3.63) is 70.0 Å². The van der Waals surface area contributed by atoms with E-state index < -0.39 is 0 Å². The lowest BCUT2D eigenvalue weighted by Crippen LogP contribution is -2.23. The molecule has 3 aromatic rings. The number of nitrogens with one attached hydrogen (secondary N) is 2. The van der Waals surface area contributed by atoms with Crippen molar-refractivity contribution in [2.75, 3.05) is 0 Å². The van der Waals surface area contributed by atoms with Crippen LogP contribution in [0.25, 0.3) is 11.0 Å². The molecular weight excluding hydrogens is 336 g/mol. The van der Waals surface area contributed by atoms with E-state index in [4.69, 9.17) is 4.42 Å². The van der Waals surface area contributed by atoms with Crippen molar-refractivity contribution in [1.29, 1.82) is 0 Å². The van der Waals surface area contributed by atoms with Crippen LogP contribution in [0, 0.1) is 13.8 Å². The molecule has 0 saturated carbocycles. The molecule has 1 aliphatic rings. The molecule has 0 saturated heterocycles. The number of hydrogen-bond donors (Lipinski definition) is 2. The fourth-order valence-electron chi connectivity index (χ4n) is 3.32. The van der Waals surface area contributed by atoms with Gasteiger partial charge in [-0.25, -0.2) is 0 Å². The summed E-state index contributed by atoms with van der Waals surface area (Å²) in [7, 11) is 0. The van der Waals surface area contributed by atoms with Gasteiger partial charge in [-0.15, -0.1) is 12.4 Å². The quantitative estimate of drug-likeness (QED) is 0.745. The average Bonchev–Trinajstić information content (AvgIpc) is 3.18. The SMILES string of the molecule is Cc1c(C(=O)NCc2ccc3c(c2)CNC3)oc2c(C)cccc12.Cl. The molecule has 25 heavy (non-hydrogen) atoms. The fraction of sp³-hybridized carbons (Fsp3) is 0.250. The Bertz CT molecular complexity index is 946. The Kier molecular flexibility index (Phi) is 4.84. The van der Waals surface area contributed by atoms with Crippen LogP contribution in [0.4, 0.5) is 0 Å². The number of rotatable bonds is 3. The maximum Gasteiger partial charge on any atom is 0.287 e. The van der Waals surface area contributed by atoms with Crippen LogP contribution in [-0.4, -0.2) is 5.91 Å². The summed E-state index contributed by atoms with van der Waals surface area (Å²) in [5.41, 5.74) is 6.50. The van der Waals surface area contributed by atoms with Crippen molar-refractivity contribution >= 4 is 29.3 Å². The van der Waals surface area contributed by atoms with E-state index in [1.807, 2.05) is 32.0 Å². The minimum atomic E-state index is -0.165. The molecule has 0 aliphatic carbocycles. The number of halogens is 1. The van der Waals surface area contributed by atoms with Gasteiger partial charge in [-0.1, -0.05) is 36.4 Å². The summed E-state index contributed by atoms with van der Waals surface area (Å²) in [5, 5.41) is 7.31. The third-order valence-corrected chi connectivity index (χ3v) is 4.72. The predicted octanol–water partition coefficient (Wildman–Crippen LogP) is 4.00. The number of furan rings is 1. The van der Waals surface area contributed by atoms with Gasteiger partial charge in [0.15, 0.2) is 5.76 Å². The van der Waals surface area contributed by atoms with E-state index >= 15 is 0 Å². The average molecular weight is 357 g/mol. The highest BCUT2D eigenvalue weighted by molar-refractivity contribution is 5.99. The molecule has 0 atom stereocenters. The highest BCUT2D eigenvalue weighted by atomic mass is 35.5. The Labute approximate surface area is 153 Å². The first-order valence-electron chi connectivity index (χ1n) is 8.22. The fourth-order valence-corrected chi connectivity index (χ4v) is 3.32. The zero-order valence-electron chi connectivity index (χ0n) is 14.3. The van der Waals surface area contributed by atoms with Crippen molar-refractivity contribution in [1.82, 2.24) is 10.6 Å². The van der Waals surface area contributed by atoms with Crippen LogP contribution in [0.1, 0.15) is 38.4 Å². The van der Waals surface area contributed by atoms with E-state index in [0.717, 1.165) is 40.7 Å². The largest absolute Gasteiger partial charge is 0.450 e. The molecule has 0 bridgehead atoms. The van der Waals surface area contributed by atoms with Gasteiger partial charge in [-0.05, 0) is 36.1 Å². The van der Waals surface area contributed by atoms with Crippen LogP contribution in [0.5, 0.6) is 0 Å². The topological polar surface area (TPSA) is 54.3 Å². The summed E-state index contributed by atoms with van der Waals surface area (Å²) in [5.74, 6) is 0.240. The summed E-state index contributed by atoms with van der Waals surface area (Å²) < 4.78 is 5.83. The minimum absolute atomic E-state index is 0. The highest BCUT2D eigenvalue weighted by Gasteiger charge is 2.18. The number of carbonyl (C=O) groups is 1. The molecule has 1 aromatic heterocycles. The Morgan fingerprint density at radius 1 is 1.16 bits per heavy atom. The number of fused-ring (bicyclic) bond motifs is 2. The molecule has 0 radical (unpaired) electrons. The third kappa shape index (κ3) is 3.15. The number of amides is 1. The molecule has 2 heterocycles. The lowest BCUT2D eigenvalue weighted by atomic mass is 10.1. The molecule has 1 amide bonds. The lowest BCUT2D eigenvalue weighted by Gasteiger charge is -2.06. The van der Waals surface area contributed by atoms with Gasteiger partial charge >= 0.3 is 0 Å². The molecule has 2 aromatic carbocycles. The second-order valence-electron chi connectivity index (χ2n) is 6.40. The molecule has 4 nitrogen and oxygen atoms in total. The number of aryl methyl sites for hydroxylation is 2. The van der Waals surface area contributed by atoms with Gasteiger partial charge in [0.1, 0.15) is 5.58 Å². The first-order chi connectivity index (χ1) is 11.6. The van der Waals surface area contributed by atoms with E-state index in [2.05, 4.69) is 28.8 Å². The van der Waals surface area contributed by atoms with Gasteiger partial charge in [0.25, 0.3) is 5.91 Å². The minimum Gasteiger partial charge on any atom is -0.450 e. The van der Waals surface area contributed by atoms with Crippen molar-refractivity contribution in [3.8, 4) is 0 Å². The second-order valence-corrected chi connectivity index (χ2v) is 6.40. The van der Waals surface area contributed by atoms with Gasteiger partial charge in [-0.2, -0.15) is 0 Å². The van der Waals surface area contributed by atoms with Crippen LogP contribution in [0.15, 0.2) is 40.8 Å². The van der Waals surface area contributed by atoms with E-state index in [0.29, 0.717) is 12.3 Å². The number of benzene rings is 2. The van der Waals surface area contributed by atoms with Crippen LogP contribution < -0.4 is 10.6 Å². The standard InChI is InChI=1S/C20H20N2O2.ClH/c1-12-4-3-5-17-13(2)19(24-18(12)17)20(23)22-9-14-6-7-15-10-21-11-16(15)8-14;/h3-8,21H,9-11H2,1-2H3,(H,22,23);1H. The first-order valence-corrected chi connectivity index (χ1v) is 8.22. The highest BCUT2D eigenvalue weighted by Crippen LogP contribution is 2.27. The predicted molar refractivity (Wildman–Crippen MR) is 101 cm³/mol. The van der Waals surface area contributed by atoms with Gasteiger partial charge in [0.05, 0.1) is 0 Å². The molecule has 2 N–H and O–H groups in total. The number of carbonyl (C=O) groups excluding carboxylic acids is 1. The Morgan fingerprint density at radius 3 is 2.76 bits per heavy atom. The third-order valence-electron chi connectivity index (χ3n) is 4.72. The smallest absolute Gasteiger partial charge is 0.287 e. The molecule has 0 unspecified atom stereocenters. The van der Waals surface area contributed by atoms with Gasteiger partial charge in [0, 0.05) is 30.6 Å². The van der Waals surface area contributed by atoms with Crippen LogP contribution in [-0.2, 0) is 19.6 Å². The molecule has 1 aliphatic heterocycles. The van der Waals surface area contributed by atoms with Gasteiger partial charge in [-0.3, -0.25) is 4.79 Å². The summed E-state index contributed by atoms with van der Waals surface area (Å²) in [6, 6.07) is 12.3. The summed E-state index contributed by atoms with van der Waals surface area (Å²) in [6.45, 7) is 6.26. The summed E-state index contributed by atoms with van der Waals surface area (Å²) in [6.07, 6.45) is 0. The molecular formula is C20H21ClN2O2. The van der Waals surface area contributed by atoms with Crippen molar-refractivity contribution < 1.29 is 9.21 Å². The molecule has 4 rings (SSSR count). The van der Waals surface area contributed by atoms with Crippen LogP contribution in [0.2, 0.25) is 0 Å². The van der Waals surface area contributed by atoms with E-state index in [-0.39, 0.29) is 18.3 Å². The Morgan fingerprint density at radius 2 is 1.96 bits per heavy atom. The van der Waals surface area contributed by atoms with Crippen molar-refractivity contribution in [3.63, 3.8) is 0 Å². The molecule has 0 spiro atoms. The summed E-state index contributed by atoms with van der Waals surface area (Å²) >= 11 is 0. The maximum atomic E-state index is 12.5. The van der Waals surface area contributed by atoms with E-state index in [1.165, 1.54) is 11.1 Å². The monoisotopic (exact) mass is 356 g/mol. The second kappa shape index (κ2) is 6.90. The molecule has 5 heteroatoms. The maximum absolute atomic E-state index is 12.5. The van der Waals surface area contributed by atoms with Gasteiger partial charge in [0.2, 0.25) is 0 Å². The molecule has 0 fully saturated rings. The normalized spacial score (nSPS) is 12.7. The van der Waals surface area contributed by atoms with E-state index in [9.17, 15) is 4.79 Å². The van der Waals surface area contributed by atoms with E-state index in [1.54, 1.807) is 0 Å². The molecule has 130 valence electrons. The zero-order valence-corrected chi connectivity index (χ0v) is 15.1. The van der Waals surface area contributed by atoms with Gasteiger partial charge < -0.3 is 15.1 Å². The first kappa shape index (κ1) is 17.5. The van der Waals surface area contributed by atoms with Crippen molar-refractivity contribution in [2.24, 2.45) is 0 Å².